The van der Waals surface area contributed by atoms with E-state index in [9.17, 15) is 9.18 Å². The van der Waals surface area contributed by atoms with E-state index in [1.165, 1.54) is 12.1 Å². The van der Waals surface area contributed by atoms with Crippen molar-refractivity contribution < 1.29 is 18.7 Å². The summed E-state index contributed by atoms with van der Waals surface area (Å²) >= 11 is 0. The van der Waals surface area contributed by atoms with E-state index in [1.54, 1.807) is 24.1 Å². The zero-order chi connectivity index (χ0) is 20.3. The smallest absolute Gasteiger partial charge is 0.410 e. The molecule has 1 saturated heterocycles. The average molecular weight is 392 g/mol. The number of ether oxygens (including phenoxy) is 2. The fraction of sp³-hybridized carbons (Fsp3) is 0.600. The zero-order valence-electron chi connectivity index (χ0n) is 16.9. The van der Waals surface area contributed by atoms with Gasteiger partial charge in [0.2, 0.25) is 0 Å². The van der Waals surface area contributed by atoms with E-state index in [0.29, 0.717) is 32.7 Å². The Bertz CT molecular complexity index is 717. The van der Waals surface area contributed by atoms with E-state index in [1.807, 2.05) is 20.8 Å². The molecule has 0 bridgehead atoms. The first-order chi connectivity index (χ1) is 13.3. The number of guanidine groups is 1. The molecular formula is C20H29FN4O3. The molecule has 154 valence electrons. The largest absolute Gasteiger partial charge is 0.444 e. The van der Waals surface area contributed by atoms with Crippen molar-refractivity contribution in [2.75, 3.05) is 39.8 Å². The van der Waals surface area contributed by atoms with E-state index in [0.717, 1.165) is 11.5 Å². The molecule has 2 unspecified atom stereocenters. The second-order valence-corrected chi connectivity index (χ2v) is 8.09. The molecule has 1 amide bonds. The standard InChI is InChI=1S/C20H29FN4O3/c1-20(2,3)28-19(26)24-9-10-25-16(13-24)11-22-18(25)23-12-17(27-4)14-5-7-15(21)8-6-14/h5-8,16-17H,9-13H2,1-4H3,(H,22,23). The highest BCUT2D eigenvalue weighted by Gasteiger charge is 2.36. The second kappa shape index (κ2) is 8.34. The number of methoxy groups -OCH3 is 1. The van der Waals surface area contributed by atoms with Crippen molar-refractivity contribution in [3.05, 3.63) is 35.6 Å². The van der Waals surface area contributed by atoms with Gasteiger partial charge < -0.3 is 24.6 Å². The van der Waals surface area contributed by atoms with Gasteiger partial charge >= 0.3 is 6.09 Å². The average Bonchev–Trinajstić information content (AvgIpc) is 3.04. The first-order valence-corrected chi connectivity index (χ1v) is 9.58. The number of amides is 1. The van der Waals surface area contributed by atoms with Crippen LogP contribution in [0.15, 0.2) is 29.3 Å². The number of benzene rings is 1. The lowest BCUT2D eigenvalue weighted by molar-refractivity contribution is 0.0137. The molecule has 28 heavy (non-hydrogen) atoms. The third-order valence-electron chi connectivity index (χ3n) is 4.83. The van der Waals surface area contributed by atoms with Gasteiger partial charge in [0.05, 0.1) is 18.7 Å². The van der Waals surface area contributed by atoms with Gasteiger partial charge in [0.15, 0.2) is 5.96 Å². The molecule has 2 aliphatic heterocycles. The second-order valence-electron chi connectivity index (χ2n) is 8.09. The van der Waals surface area contributed by atoms with Crippen LogP contribution >= 0.6 is 0 Å². The highest BCUT2D eigenvalue weighted by atomic mass is 19.1. The number of aliphatic imine (C=N–C) groups is 1. The predicted molar refractivity (Wildman–Crippen MR) is 105 cm³/mol. The van der Waals surface area contributed by atoms with Crippen molar-refractivity contribution in [1.82, 2.24) is 15.1 Å². The van der Waals surface area contributed by atoms with Crippen LogP contribution in [0, 0.1) is 5.82 Å². The summed E-state index contributed by atoms with van der Waals surface area (Å²) in [6.07, 6.45) is -0.477. The van der Waals surface area contributed by atoms with Gasteiger partial charge in [-0.25, -0.2) is 9.18 Å². The Kier molecular flexibility index (Phi) is 6.07. The van der Waals surface area contributed by atoms with Gasteiger partial charge in [-0.05, 0) is 38.5 Å². The fourth-order valence-corrected chi connectivity index (χ4v) is 3.42. The van der Waals surface area contributed by atoms with Crippen molar-refractivity contribution in [2.24, 2.45) is 4.99 Å². The lowest BCUT2D eigenvalue weighted by atomic mass is 10.1. The normalized spacial score (nSPS) is 20.5. The fourth-order valence-electron chi connectivity index (χ4n) is 3.42. The van der Waals surface area contributed by atoms with Crippen molar-refractivity contribution in [3.63, 3.8) is 0 Å². The van der Waals surface area contributed by atoms with Crippen LogP contribution in [-0.4, -0.2) is 73.3 Å². The number of nitrogens with zero attached hydrogens (tertiary/aromatic N) is 3. The monoisotopic (exact) mass is 392 g/mol. The summed E-state index contributed by atoms with van der Waals surface area (Å²) in [5.74, 6) is 0.551. The maximum Gasteiger partial charge on any atom is 0.410 e. The van der Waals surface area contributed by atoms with Crippen LogP contribution in [-0.2, 0) is 9.47 Å². The maximum absolute atomic E-state index is 13.1. The quantitative estimate of drug-likeness (QED) is 0.852. The molecule has 0 aliphatic carbocycles. The maximum atomic E-state index is 13.1. The molecule has 0 spiro atoms. The molecule has 1 N–H and O–H groups in total. The zero-order valence-corrected chi connectivity index (χ0v) is 16.9. The van der Waals surface area contributed by atoms with E-state index >= 15 is 0 Å². The van der Waals surface area contributed by atoms with Crippen molar-refractivity contribution in [2.45, 2.75) is 38.5 Å². The van der Waals surface area contributed by atoms with Gasteiger partial charge in [-0.15, -0.1) is 0 Å². The molecule has 0 radical (unpaired) electrons. The third-order valence-corrected chi connectivity index (χ3v) is 4.83. The molecule has 0 saturated carbocycles. The first kappa shape index (κ1) is 20.4. The number of halogens is 1. The topological polar surface area (TPSA) is 66.4 Å². The lowest BCUT2D eigenvalue weighted by Gasteiger charge is -2.39. The van der Waals surface area contributed by atoms with Crippen LogP contribution in [0.25, 0.3) is 0 Å². The van der Waals surface area contributed by atoms with Crippen LogP contribution < -0.4 is 5.32 Å². The number of nitrogens with one attached hydrogen (secondary N) is 1. The molecular weight excluding hydrogens is 363 g/mol. The minimum Gasteiger partial charge on any atom is -0.444 e. The molecule has 1 aromatic rings. The number of carbonyl (C=O) groups is 1. The summed E-state index contributed by atoms with van der Waals surface area (Å²) in [4.78, 5) is 20.9. The summed E-state index contributed by atoms with van der Waals surface area (Å²) in [5, 5.41) is 3.35. The molecule has 0 aromatic heterocycles. The Balaban J connectivity index is 1.53. The lowest BCUT2D eigenvalue weighted by Crippen LogP contribution is -2.57. The molecule has 2 heterocycles. The van der Waals surface area contributed by atoms with Gasteiger partial charge in [-0.1, -0.05) is 12.1 Å². The van der Waals surface area contributed by atoms with E-state index < -0.39 is 5.60 Å². The van der Waals surface area contributed by atoms with Gasteiger partial charge in [0, 0.05) is 33.3 Å². The Morgan fingerprint density at radius 1 is 1.32 bits per heavy atom. The highest BCUT2D eigenvalue weighted by Crippen LogP contribution is 2.20. The molecule has 8 heteroatoms. The SMILES string of the molecule is COC(CNC1=NCC2CN(C(=O)OC(C)(C)C)CCN12)c1ccc(F)cc1. The number of carbonyl (C=O) groups excluding carboxylic acids is 1. The molecule has 3 rings (SSSR count). The summed E-state index contributed by atoms with van der Waals surface area (Å²) in [6.45, 7) is 8.66. The van der Waals surface area contributed by atoms with Crippen LogP contribution in [0.5, 0.6) is 0 Å². The van der Waals surface area contributed by atoms with E-state index in [4.69, 9.17) is 9.47 Å². The van der Waals surface area contributed by atoms with Gasteiger partial charge in [-0.3, -0.25) is 4.99 Å². The van der Waals surface area contributed by atoms with Crippen molar-refractivity contribution >= 4 is 12.1 Å². The molecule has 2 aliphatic rings. The van der Waals surface area contributed by atoms with E-state index in [2.05, 4.69) is 15.2 Å². The Morgan fingerprint density at radius 3 is 2.68 bits per heavy atom. The number of fused-ring (bicyclic) bond motifs is 1. The number of hydrogen-bond acceptors (Lipinski definition) is 6. The Hall–Kier alpha value is -2.35. The van der Waals surface area contributed by atoms with Gasteiger partial charge in [0.25, 0.3) is 0 Å². The van der Waals surface area contributed by atoms with Gasteiger partial charge in [-0.2, -0.15) is 0 Å². The first-order valence-electron chi connectivity index (χ1n) is 9.58. The van der Waals surface area contributed by atoms with Crippen LogP contribution in [0.1, 0.15) is 32.4 Å². The van der Waals surface area contributed by atoms with Crippen LogP contribution in [0.3, 0.4) is 0 Å². The number of rotatable bonds is 4. The Morgan fingerprint density at radius 2 is 2.04 bits per heavy atom. The van der Waals surface area contributed by atoms with Crippen LogP contribution in [0.2, 0.25) is 0 Å². The molecule has 7 nitrogen and oxygen atoms in total. The molecule has 2 atom stereocenters. The number of piperazine rings is 1. The van der Waals surface area contributed by atoms with E-state index in [-0.39, 0.29) is 24.1 Å². The molecule has 1 aromatic carbocycles. The van der Waals surface area contributed by atoms with Crippen molar-refractivity contribution in [3.8, 4) is 0 Å². The number of hydrogen-bond donors (Lipinski definition) is 1. The van der Waals surface area contributed by atoms with Crippen molar-refractivity contribution in [1.29, 1.82) is 0 Å². The van der Waals surface area contributed by atoms with Gasteiger partial charge in [0.1, 0.15) is 11.4 Å². The summed E-state index contributed by atoms with van der Waals surface area (Å²) in [6, 6.07) is 6.46. The third kappa shape index (κ3) is 4.92. The summed E-state index contributed by atoms with van der Waals surface area (Å²) in [5.41, 5.74) is 0.407. The summed E-state index contributed by atoms with van der Waals surface area (Å²) in [7, 11) is 1.63. The minimum absolute atomic E-state index is 0.149. The minimum atomic E-state index is -0.497. The highest BCUT2D eigenvalue weighted by molar-refractivity contribution is 5.82. The van der Waals surface area contributed by atoms with Crippen LogP contribution in [0.4, 0.5) is 9.18 Å². The Labute approximate surface area is 165 Å². The predicted octanol–water partition coefficient (Wildman–Crippen LogP) is 2.39. The summed E-state index contributed by atoms with van der Waals surface area (Å²) < 4.78 is 24.1. The molecule has 1 fully saturated rings.